The van der Waals surface area contributed by atoms with Crippen LogP contribution in [0.1, 0.15) is 25.3 Å². The fourth-order valence-corrected chi connectivity index (χ4v) is 4.80. The lowest BCUT2D eigenvalue weighted by Crippen LogP contribution is -2.71. The van der Waals surface area contributed by atoms with E-state index in [-0.39, 0.29) is 23.6 Å². The molecule has 1 saturated heterocycles. The molecule has 9 nitrogen and oxygen atoms in total. The van der Waals surface area contributed by atoms with Gasteiger partial charge in [0.2, 0.25) is 5.91 Å². The third kappa shape index (κ3) is 3.36. The molecule has 3 atom stereocenters. The van der Waals surface area contributed by atoms with Crippen LogP contribution in [-0.4, -0.2) is 55.6 Å². The Bertz CT molecular complexity index is 856. The SMILES string of the molecule is CCCC(=O)NC1C(=O)N2C(C(=O)O)=C(c3ccccc3)C(C(=O)NO)S[C@H]12. The number of benzene rings is 1. The van der Waals surface area contributed by atoms with Crippen LogP contribution in [0.5, 0.6) is 0 Å². The van der Waals surface area contributed by atoms with Gasteiger partial charge in [0.1, 0.15) is 22.4 Å². The van der Waals surface area contributed by atoms with Crippen molar-refractivity contribution < 1.29 is 29.5 Å². The van der Waals surface area contributed by atoms with Gasteiger partial charge in [0, 0.05) is 12.0 Å². The average Bonchev–Trinajstić information content (AvgIpc) is 2.70. The van der Waals surface area contributed by atoms with Crippen molar-refractivity contribution in [1.29, 1.82) is 0 Å². The van der Waals surface area contributed by atoms with Crippen molar-refractivity contribution in [2.45, 2.75) is 36.4 Å². The van der Waals surface area contributed by atoms with Gasteiger partial charge in [0.15, 0.2) is 0 Å². The lowest BCUT2D eigenvalue weighted by molar-refractivity contribution is -0.150. The highest BCUT2D eigenvalue weighted by Gasteiger charge is 2.57. The molecule has 28 heavy (non-hydrogen) atoms. The number of hydrogen-bond donors (Lipinski definition) is 4. The van der Waals surface area contributed by atoms with Gasteiger partial charge >= 0.3 is 5.97 Å². The van der Waals surface area contributed by atoms with E-state index in [9.17, 15) is 24.3 Å². The van der Waals surface area contributed by atoms with E-state index >= 15 is 0 Å². The van der Waals surface area contributed by atoms with E-state index in [1.807, 2.05) is 6.92 Å². The molecule has 2 aliphatic rings. The highest BCUT2D eigenvalue weighted by molar-refractivity contribution is 8.01. The number of carbonyl (C=O) groups excluding carboxylic acids is 3. The molecule has 1 aromatic carbocycles. The zero-order chi connectivity index (χ0) is 20.4. The zero-order valence-corrected chi connectivity index (χ0v) is 15.7. The summed E-state index contributed by atoms with van der Waals surface area (Å²) in [6.45, 7) is 1.82. The van der Waals surface area contributed by atoms with Gasteiger partial charge in [0.05, 0.1) is 0 Å². The van der Waals surface area contributed by atoms with Gasteiger partial charge in [-0.3, -0.25) is 24.5 Å². The second-order valence-corrected chi connectivity index (χ2v) is 7.55. The van der Waals surface area contributed by atoms with E-state index in [1.54, 1.807) is 35.8 Å². The fraction of sp³-hybridized carbons (Fsp3) is 0.333. The number of rotatable bonds is 6. The van der Waals surface area contributed by atoms with Gasteiger partial charge < -0.3 is 10.4 Å². The maximum absolute atomic E-state index is 12.6. The van der Waals surface area contributed by atoms with Gasteiger partial charge in [0.25, 0.3) is 11.8 Å². The number of β-lactam (4-membered cyclic amide) rings is 1. The summed E-state index contributed by atoms with van der Waals surface area (Å²) in [5.41, 5.74) is 1.81. The summed E-state index contributed by atoms with van der Waals surface area (Å²) in [5.74, 6) is -3.04. The molecular formula is C18H19N3O6S. The number of hydroxylamine groups is 1. The quantitative estimate of drug-likeness (QED) is 0.308. The van der Waals surface area contributed by atoms with Crippen molar-refractivity contribution in [3.8, 4) is 0 Å². The summed E-state index contributed by atoms with van der Waals surface area (Å²) in [6.07, 6.45) is 0.834. The Labute approximate surface area is 164 Å². The molecule has 0 aromatic heterocycles. The molecule has 10 heteroatoms. The summed E-state index contributed by atoms with van der Waals surface area (Å²) in [4.78, 5) is 49.9. The summed E-state index contributed by atoms with van der Waals surface area (Å²) in [7, 11) is 0. The molecule has 1 aromatic rings. The third-order valence-corrected chi connectivity index (χ3v) is 5.99. The van der Waals surface area contributed by atoms with Crippen LogP contribution >= 0.6 is 11.8 Å². The molecule has 0 spiro atoms. The Morgan fingerprint density at radius 1 is 1.21 bits per heavy atom. The van der Waals surface area contributed by atoms with Crippen LogP contribution in [0.15, 0.2) is 36.0 Å². The first kappa shape index (κ1) is 19.9. The minimum Gasteiger partial charge on any atom is -0.477 e. The van der Waals surface area contributed by atoms with Crippen LogP contribution in [-0.2, 0) is 19.2 Å². The van der Waals surface area contributed by atoms with Crippen LogP contribution in [0.4, 0.5) is 0 Å². The predicted octanol–water partition coefficient (Wildman–Crippen LogP) is 0.556. The normalized spacial score (nSPS) is 23.6. The van der Waals surface area contributed by atoms with Gasteiger partial charge in [-0.05, 0) is 12.0 Å². The van der Waals surface area contributed by atoms with Crippen LogP contribution in [0, 0.1) is 0 Å². The standard InChI is InChI=1S/C18H19N3O6S/c1-2-6-10(22)19-12-16(24)21-13(18(25)26)11(9-7-4-3-5-8-9)14(15(23)20-27)28-17(12)21/h3-5,7-8,12,14,17,27H,2,6H2,1H3,(H,19,22)(H,20,23)(H,25,26)/t12?,14?,17-/m1/s1. The molecule has 0 bridgehead atoms. The second-order valence-electron chi connectivity index (χ2n) is 6.32. The van der Waals surface area contributed by atoms with E-state index in [1.165, 1.54) is 0 Å². The number of nitrogens with one attached hydrogen (secondary N) is 2. The molecule has 3 rings (SSSR count). The second kappa shape index (κ2) is 8.03. The molecule has 2 aliphatic heterocycles. The topological polar surface area (TPSA) is 136 Å². The molecule has 4 N–H and O–H groups in total. The Morgan fingerprint density at radius 2 is 1.89 bits per heavy atom. The molecule has 0 aliphatic carbocycles. The number of aliphatic carboxylic acids is 1. The van der Waals surface area contributed by atoms with Gasteiger partial charge in [-0.25, -0.2) is 10.3 Å². The highest BCUT2D eigenvalue weighted by Crippen LogP contribution is 2.47. The van der Waals surface area contributed by atoms with Crippen molar-refractivity contribution in [3.63, 3.8) is 0 Å². The molecule has 2 unspecified atom stereocenters. The van der Waals surface area contributed by atoms with Crippen molar-refractivity contribution >= 4 is 41.0 Å². The lowest BCUT2D eigenvalue weighted by Gasteiger charge is -2.51. The molecular weight excluding hydrogens is 386 g/mol. The van der Waals surface area contributed by atoms with Crippen LogP contribution in [0.25, 0.3) is 5.57 Å². The minimum absolute atomic E-state index is 0.118. The number of hydrogen-bond acceptors (Lipinski definition) is 6. The van der Waals surface area contributed by atoms with Crippen molar-refractivity contribution in [1.82, 2.24) is 15.7 Å². The van der Waals surface area contributed by atoms with Gasteiger partial charge in [-0.2, -0.15) is 0 Å². The first-order chi connectivity index (χ1) is 13.4. The van der Waals surface area contributed by atoms with Crippen molar-refractivity contribution in [2.24, 2.45) is 0 Å². The first-order valence-corrected chi connectivity index (χ1v) is 9.59. The largest absolute Gasteiger partial charge is 0.477 e. The molecule has 148 valence electrons. The van der Waals surface area contributed by atoms with Crippen molar-refractivity contribution in [2.75, 3.05) is 0 Å². The third-order valence-electron chi connectivity index (χ3n) is 4.51. The number of fused-ring (bicyclic) bond motifs is 1. The Morgan fingerprint density at radius 3 is 2.46 bits per heavy atom. The van der Waals surface area contributed by atoms with E-state index in [2.05, 4.69) is 5.32 Å². The Kier molecular flexibility index (Phi) is 5.71. The number of carboxylic acid groups (broad SMARTS) is 1. The van der Waals surface area contributed by atoms with E-state index in [4.69, 9.17) is 5.21 Å². The average molecular weight is 405 g/mol. The summed E-state index contributed by atoms with van der Waals surface area (Å²) >= 11 is 1.01. The maximum atomic E-state index is 12.6. The molecule has 0 radical (unpaired) electrons. The van der Waals surface area contributed by atoms with Crippen LogP contribution in [0.2, 0.25) is 0 Å². The molecule has 0 saturated carbocycles. The van der Waals surface area contributed by atoms with E-state index < -0.39 is 34.4 Å². The maximum Gasteiger partial charge on any atom is 0.353 e. The lowest BCUT2D eigenvalue weighted by atomic mass is 9.95. The Balaban J connectivity index is 2.06. The predicted molar refractivity (Wildman–Crippen MR) is 99.8 cm³/mol. The molecule has 3 amide bonds. The Hall–Kier alpha value is -2.85. The zero-order valence-electron chi connectivity index (χ0n) is 14.9. The number of thioether (sulfide) groups is 1. The number of nitrogens with zero attached hydrogens (tertiary/aromatic N) is 1. The molecule has 2 heterocycles. The van der Waals surface area contributed by atoms with Crippen LogP contribution < -0.4 is 10.8 Å². The van der Waals surface area contributed by atoms with Gasteiger partial charge in [-0.1, -0.05) is 37.3 Å². The number of carboxylic acids is 1. The minimum atomic E-state index is -1.37. The number of amides is 3. The van der Waals surface area contributed by atoms with Crippen LogP contribution in [0.3, 0.4) is 0 Å². The highest BCUT2D eigenvalue weighted by atomic mass is 32.2. The van der Waals surface area contributed by atoms with Gasteiger partial charge in [-0.15, -0.1) is 11.8 Å². The first-order valence-electron chi connectivity index (χ1n) is 8.65. The summed E-state index contributed by atoms with van der Waals surface area (Å²) < 4.78 is 0. The van der Waals surface area contributed by atoms with E-state index in [0.29, 0.717) is 12.0 Å². The monoisotopic (exact) mass is 405 g/mol. The molecule has 1 fully saturated rings. The van der Waals surface area contributed by atoms with Crippen molar-refractivity contribution in [3.05, 3.63) is 41.6 Å². The fourth-order valence-electron chi connectivity index (χ4n) is 3.28. The van der Waals surface area contributed by atoms with E-state index in [0.717, 1.165) is 16.7 Å². The summed E-state index contributed by atoms with van der Waals surface area (Å²) in [5, 5.41) is 19.7. The summed E-state index contributed by atoms with van der Waals surface area (Å²) in [6, 6.07) is 7.42. The smallest absolute Gasteiger partial charge is 0.353 e. The number of carbonyl (C=O) groups is 4.